The lowest BCUT2D eigenvalue weighted by Crippen LogP contribution is -2.24. The van der Waals surface area contributed by atoms with Crippen LogP contribution >= 0.6 is 34.2 Å². The number of carbonyl (C=O) groups excluding carboxylic acids is 1. The first-order valence-corrected chi connectivity index (χ1v) is 8.06. The number of hydrogen-bond donors (Lipinski definition) is 1. The molecule has 0 spiro atoms. The van der Waals surface area contributed by atoms with Crippen molar-refractivity contribution in [3.8, 4) is 0 Å². The Morgan fingerprint density at radius 2 is 2.17 bits per heavy atom. The van der Waals surface area contributed by atoms with E-state index in [0.717, 1.165) is 3.57 Å². The summed E-state index contributed by atoms with van der Waals surface area (Å²) >= 11 is 7.94. The second kappa shape index (κ2) is 6.58. The van der Waals surface area contributed by atoms with Crippen LogP contribution in [0.1, 0.15) is 6.92 Å². The molecule has 0 saturated carbocycles. The highest BCUT2D eigenvalue weighted by Crippen LogP contribution is 2.24. The smallest absolute Gasteiger partial charge is 0.323 e. The molecule has 0 aliphatic rings. The van der Waals surface area contributed by atoms with Crippen LogP contribution in [0.3, 0.4) is 0 Å². The number of esters is 1. The van der Waals surface area contributed by atoms with Gasteiger partial charge in [0.2, 0.25) is 10.0 Å². The molecule has 0 amide bonds. The van der Waals surface area contributed by atoms with E-state index in [0.29, 0.717) is 0 Å². The van der Waals surface area contributed by atoms with Crippen molar-refractivity contribution in [2.75, 3.05) is 17.1 Å². The van der Waals surface area contributed by atoms with Crippen LogP contribution in [-0.2, 0) is 19.6 Å². The predicted octanol–water partition coefficient (Wildman–Crippen LogP) is 2.25. The van der Waals surface area contributed by atoms with E-state index in [2.05, 4.69) is 32.0 Å². The van der Waals surface area contributed by atoms with E-state index in [1.807, 2.05) is 0 Å². The van der Waals surface area contributed by atoms with Crippen molar-refractivity contribution in [3.63, 3.8) is 0 Å². The Labute approximate surface area is 124 Å². The second-order valence-corrected chi connectivity index (χ2v) is 6.67. The number of hydrogen-bond acceptors (Lipinski definition) is 4. The first-order valence-electron chi connectivity index (χ1n) is 4.95. The number of carbonyl (C=O) groups is 1. The van der Waals surface area contributed by atoms with E-state index in [1.54, 1.807) is 19.1 Å². The highest BCUT2D eigenvalue weighted by atomic mass is 127. The molecule has 0 aliphatic heterocycles. The Hall–Kier alpha value is -0.540. The Morgan fingerprint density at radius 3 is 2.72 bits per heavy atom. The van der Waals surface area contributed by atoms with Crippen molar-refractivity contribution in [2.45, 2.75) is 6.92 Å². The zero-order valence-corrected chi connectivity index (χ0v) is 13.2. The maximum Gasteiger partial charge on any atom is 0.323 e. The molecule has 0 bridgehead atoms. The number of rotatable bonds is 5. The monoisotopic (exact) mass is 403 g/mol. The van der Waals surface area contributed by atoms with Crippen LogP contribution in [0.2, 0.25) is 5.02 Å². The molecule has 1 aromatic rings. The maximum absolute atomic E-state index is 11.6. The topological polar surface area (TPSA) is 72.5 Å². The van der Waals surface area contributed by atoms with Crippen LogP contribution in [0.4, 0.5) is 5.69 Å². The number of sulfonamides is 1. The van der Waals surface area contributed by atoms with Gasteiger partial charge in [0.15, 0.2) is 5.75 Å². The molecule has 0 atom stereocenters. The third-order valence-electron chi connectivity index (χ3n) is 1.81. The predicted molar refractivity (Wildman–Crippen MR) is 78.2 cm³/mol. The van der Waals surface area contributed by atoms with Gasteiger partial charge < -0.3 is 4.74 Å². The molecule has 0 saturated heterocycles. The summed E-state index contributed by atoms with van der Waals surface area (Å²) in [4.78, 5) is 11.1. The van der Waals surface area contributed by atoms with E-state index in [4.69, 9.17) is 11.6 Å². The zero-order chi connectivity index (χ0) is 13.8. The van der Waals surface area contributed by atoms with Crippen LogP contribution in [0.15, 0.2) is 18.2 Å². The largest absolute Gasteiger partial charge is 0.465 e. The Balaban J connectivity index is 2.79. The van der Waals surface area contributed by atoms with Gasteiger partial charge in [-0.25, -0.2) is 8.42 Å². The molecule has 0 heterocycles. The van der Waals surface area contributed by atoms with Crippen molar-refractivity contribution in [3.05, 3.63) is 26.8 Å². The minimum atomic E-state index is -3.80. The fourth-order valence-electron chi connectivity index (χ4n) is 1.13. The van der Waals surface area contributed by atoms with Crippen LogP contribution in [0, 0.1) is 3.57 Å². The Morgan fingerprint density at radius 1 is 1.50 bits per heavy atom. The lowest BCUT2D eigenvalue weighted by Gasteiger charge is -2.09. The standard InChI is InChI=1S/C10H11ClINO4S/c1-2-17-10(14)6-18(15,16)13-9-4-3-7(12)5-8(9)11/h3-5,13H,2,6H2,1H3. The van der Waals surface area contributed by atoms with Crippen molar-refractivity contribution >= 4 is 55.9 Å². The molecule has 0 unspecified atom stereocenters. The summed E-state index contributed by atoms with van der Waals surface area (Å²) < 4.78 is 31.0. The number of halogens is 2. The first kappa shape index (κ1) is 15.5. The van der Waals surface area contributed by atoms with Gasteiger partial charge in [-0.1, -0.05) is 11.6 Å². The lowest BCUT2D eigenvalue weighted by molar-refractivity contribution is -0.139. The first-order chi connectivity index (χ1) is 8.34. The summed E-state index contributed by atoms with van der Waals surface area (Å²) in [5.74, 6) is -1.53. The average Bonchev–Trinajstić information content (AvgIpc) is 2.21. The molecule has 8 heteroatoms. The van der Waals surface area contributed by atoms with Gasteiger partial charge in [-0.15, -0.1) is 0 Å². The van der Waals surface area contributed by atoms with Crippen LogP contribution in [-0.4, -0.2) is 26.7 Å². The highest BCUT2D eigenvalue weighted by Gasteiger charge is 2.18. The van der Waals surface area contributed by atoms with Crippen molar-refractivity contribution in [2.24, 2.45) is 0 Å². The van der Waals surface area contributed by atoms with E-state index >= 15 is 0 Å². The molecular formula is C10H11ClINO4S. The van der Waals surface area contributed by atoms with Crippen molar-refractivity contribution in [1.82, 2.24) is 0 Å². The quantitative estimate of drug-likeness (QED) is 0.605. The Bertz CT molecular complexity index is 547. The summed E-state index contributed by atoms with van der Waals surface area (Å²) in [6, 6.07) is 4.85. The number of nitrogens with one attached hydrogen (secondary N) is 1. The molecule has 1 N–H and O–H groups in total. The number of benzene rings is 1. The van der Waals surface area contributed by atoms with E-state index in [1.165, 1.54) is 6.07 Å². The molecule has 0 radical (unpaired) electrons. The zero-order valence-electron chi connectivity index (χ0n) is 9.44. The van der Waals surface area contributed by atoms with Gasteiger partial charge in [0, 0.05) is 3.57 Å². The molecule has 100 valence electrons. The molecule has 0 aliphatic carbocycles. The average molecular weight is 404 g/mol. The fourth-order valence-corrected chi connectivity index (χ4v) is 3.07. The molecule has 18 heavy (non-hydrogen) atoms. The van der Waals surface area contributed by atoms with E-state index < -0.39 is 21.7 Å². The minimum absolute atomic E-state index is 0.138. The van der Waals surface area contributed by atoms with Gasteiger partial charge in [-0.05, 0) is 47.7 Å². The Kier molecular flexibility index (Phi) is 5.67. The third kappa shape index (κ3) is 4.99. The van der Waals surface area contributed by atoms with Gasteiger partial charge >= 0.3 is 5.97 Å². The van der Waals surface area contributed by atoms with Crippen molar-refractivity contribution < 1.29 is 17.9 Å². The van der Waals surface area contributed by atoms with E-state index in [9.17, 15) is 13.2 Å². The summed E-state index contributed by atoms with van der Waals surface area (Å²) in [5, 5.41) is 0.273. The van der Waals surface area contributed by atoms with Crippen LogP contribution in [0.25, 0.3) is 0 Å². The SMILES string of the molecule is CCOC(=O)CS(=O)(=O)Nc1ccc(I)cc1Cl. The van der Waals surface area contributed by atoms with Crippen molar-refractivity contribution in [1.29, 1.82) is 0 Å². The third-order valence-corrected chi connectivity index (χ3v) is 3.94. The van der Waals surface area contributed by atoms with Gasteiger partial charge in [0.1, 0.15) is 0 Å². The maximum atomic E-state index is 11.6. The summed E-state index contributed by atoms with van der Waals surface area (Å²) in [6.45, 7) is 1.74. The molecule has 1 rings (SSSR count). The van der Waals surface area contributed by atoms with Crippen LogP contribution in [0.5, 0.6) is 0 Å². The van der Waals surface area contributed by atoms with Gasteiger partial charge in [-0.3, -0.25) is 9.52 Å². The molecule has 5 nitrogen and oxygen atoms in total. The fraction of sp³-hybridized carbons (Fsp3) is 0.300. The minimum Gasteiger partial charge on any atom is -0.465 e. The van der Waals surface area contributed by atoms with E-state index in [-0.39, 0.29) is 17.3 Å². The summed E-state index contributed by atoms with van der Waals surface area (Å²) in [6.07, 6.45) is 0. The lowest BCUT2D eigenvalue weighted by atomic mass is 10.3. The molecular weight excluding hydrogens is 393 g/mol. The second-order valence-electron chi connectivity index (χ2n) is 3.29. The summed E-state index contributed by atoms with van der Waals surface area (Å²) in [5.41, 5.74) is 0.237. The number of anilines is 1. The molecule has 0 aromatic heterocycles. The highest BCUT2D eigenvalue weighted by molar-refractivity contribution is 14.1. The summed E-state index contributed by atoms with van der Waals surface area (Å²) in [7, 11) is -3.80. The van der Waals surface area contributed by atoms with Crippen LogP contribution < -0.4 is 4.72 Å². The molecule has 0 fully saturated rings. The normalized spacial score (nSPS) is 11.1. The number of ether oxygens (including phenoxy) is 1. The van der Waals surface area contributed by atoms with Gasteiger partial charge in [0.25, 0.3) is 0 Å². The van der Waals surface area contributed by atoms with Gasteiger partial charge in [-0.2, -0.15) is 0 Å². The van der Waals surface area contributed by atoms with Gasteiger partial charge in [0.05, 0.1) is 17.3 Å². The molecule has 1 aromatic carbocycles.